The zero-order chi connectivity index (χ0) is 26.6. The van der Waals surface area contributed by atoms with Crippen LogP contribution in [-0.4, -0.2) is 35.2 Å². The predicted octanol–water partition coefficient (Wildman–Crippen LogP) is 5.81. The molecule has 3 aromatic carbocycles. The Kier molecular flexibility index (Phi) is 11.1. The molecular weight excluding hydrogens is 515 g/mol. The highest BCUT2D eigenvalue weighted by atomic mass is 35.5. The molecule has 0 bridgehead atoms. The van der Waals surface area contributed by atoms with Crippen LogP contribution in [0.4, 0.5) is 5.69 Å². The van der Waals surface area contributed by atoms with Crippen molar-refractivity contribution in [3.05, 3.63) is 93.0 Å². The summed E-state index contributed by atoms with van der Waals surface area (Å²) in [6.45, 7) is 3.13. The van der Waals surface area contributed by atoms with Crippen molar-refractivity contribution in [1.29, 1.82) is 0 Å². The summed E-state index contributed by atoms with van der Waals surface area (Å²) in [5.74, 6) is -1.46. The number of aliphatic carboxylic acids is 2. The summed E-state index contributed by atoms with van der Waals surface area (Å²) in [6, 6.07) is 20.1. The van der Waals surface area contributed by atoms with Crippen LogP contribution in [0.15, 0.2) is 60.7 Å². The molecule has 7 nitrogen and oxygen atoms in total. The van der Waals surface area contributed by atoms with Gasteiger partial charge in [0.15, 0.2) is 0 Å². The molecule has 0 amide bonds. The smallest absolute Gasteiger partial charge is 0.303 e. The van der Waals surface area contributed by atoms with Crippen LogP contribution in [0.1, 0.15) is 35.1 Å². The van der Waals surface area contributed by atoms with Gasteiger partial charge in [-0.25, -0.2) is 0 Å². The fourth-order valence-corrected chi connectivity index (χ4v) is 4.35. The molecule has 0 aromatic heterocycles. The molecule has 0 spiro atoms. The van der Waals surface area contributed by atoms with E-state index in [2.05, 4.69) is 16.7 Å². The highest BCUT2D eigenvalue weighted by molar-refractivity contribution is 6.33. The van der Waals surface area contributed by atoms with E-state index in [0.29, 0.717) is 23.9 Å². The first-order valence-electron chi connectivity index (χ1n) is 12.0. The Bertz CT molecular complexity index is 1190. The average molecular weight is 545 g/mol. The Balaban J connectivity index is 0.000000414. The van der Waals surface area contributed by atoms with Gasteiger partial charge in [-0.15, -0.1) is 0 Å². The van der Waals surface area contributed by atoms with Crippen molar-refractivity contribution < 1.29 is 24.5 Å². The zero-order valence-electron chi connectivity index (χ0n) is 20.3. The molecule has 0 atom stereocenters. The van der Waals surface area contributed by atoms with Crippen LogP contribution in [0.3, 0.4) is 0 Å². The summed E-state index contributed by atoms with van der Waals surface area (Å²) in [5, 5.41) is 24.2. The molecule has 3 aromatic rings. The SMILES string of the molecule is Clc1cc(CNc2c(Cl)ccc3c2CCNCC3)ccc1OCc1ccccc1.O=C(O)CCC(=O)O. The maximum Gasteiger partial charge on any atom is 0.303 e. The third-order valence-corrected chi connectivity index (χ3v) is 6.35. The summed E-state index contributed by atoms with van der Waals surface area (Å²) in [4.78, 5) is 19.3. The zero-order valence-corrected chi connectivity index (χ0v) is 21.8. The second-order valence-corrected chi connectivity index (χ2v) is 9.30. The molecule has 0 radical (unpaired) electrons. The van der Waals surface area contributed by atoms with Crippen molar-refractivity contribution in [2.75, 3.05) is 18.4 Å². The fraction of sp³-hybridized carbons (Fsp3) is 0.286. The quantitative estimate of drug-likeness (QED) is 0.269. The van der Waals surface area contributed by atoms with E-state index in [4.69, 9.17) is 38.2 Å². The highest BCUT2D eigenvalue weighted by Gasteiger charge is 2.15. The topological polar surface area (TPSA) is 108 Å². The van der Waals surface area contributed by atoms with Crippen LogP contribution in [0.5, 0.6) is 5.75 Å². The molecule has 1 aliphatic rings. The third-order valence-electron chi connectivity index (χ3n) is 5.74. The van der Waals surface area contributed by atoms with Crippen molar-refractivity contribution in [3.63, 3.8) is 0 Å². The second-order valence-electron chi connectivity index (χ2n) is 8.49. The number of anilines is 1. The fourth-order valence-electron chi connectivity index (χ4n) is 3.85. The minimum Gasteiger partial charge on any atom is -0.487 e. The van der Waals surface area contributed by atoms with Gasteiger partial charge in [-0.2, -0.15) is 0 Å². The highest BCUT2D eigenvalue weighted by Crippen LogP contribution is 2.32. The number of nitrogens with one attached hydrogen (secondary N) is 2. The van der Waals surface area contributed by atoms with Crippen molar-refractivity contribution in [2.24, 2.45) is 0 Å². The molecular formula is C28H30Cl2N2O5. The maximum atomic E-state index is 9.64. The van der Waals surface area contributed by atoms with Crippen molar-refractivity contribution >= 4 is 40.8 Å². The van der Waals surface area contributed by atoms with Gasteiger partial charge in [-0.05, 0) is 66.4 Å². The molecule has 1 heterocycles. The lowest BCUT2D eigenvalue weighted by Crippen LogP contribution is -2.16. The lowest BCUT2D eigenvalue weighted by Gasteiger charge is -2.17. The molecule has 37 heavy (non-hydrogen) atoms. The predicted molar refractivity (Wildman–Crippen MR) is 146 cm³/mol. The van der Waals surface area contributed by atoms with E-state index in [0.717, 1.165) is 47.8 Å². The Morgan fingerprint density at radius 3 is 2.24 bits per heavy atom. The third kappa shape index (κ3) is 9.28. The molecule has 4 rings (SSSR count). The molecule has 0 saturated heterocycles. The van der Waals surface area contributed by atoms with Crippen LogP contribution in [0.25, 0.3) is 0 Å². The van der Waals surface area contributed by atoms with Gasteiger partial charge in [0.1, 0.15) is 12.4 Å². The lowest BCUT2D eigenvalue weighted by molar-refractivity contribution is -0.143. The number of carboxylic acids is 2. The van der Waals surface area contributed by atoms with Gasteiger partial charge in [0, 0.05) is 6.54 Å². The summed E-state index contributed by atoms with van der Waals surface area (Å²) >= 11 is 13.0. The van der Waals surface area contributed by atoms with Crippen LogP contribution in [0, 0.1) is 0 Å². The summed E-state index contributed by atoms with van der Waals surface area (Å²) in [7, 11) is 0. The molecule has 196 valence electrons. The number of hydrogen-bond acceptors (Lipinski definition) is 5. The van der Waals surface area contributed by atoms with Crippen molar-refractivity contribution in [3.8, 4) is 5.75 Å². The molecule has 0 saturated carbocycles. The van der Waals surface area contributed by atoms with Gasteiger partial charge in [-0.3, -0.25) is 9.59 Å². The number of carboxylic acid groups (broad SMARTS) is 2. The number of ether oxygens (including phenoxy) is 1. The second kappa shape index (κ2) is 14.5. The number of hydrogen-bond donors (Lipinski definition) is 4. The first-order valence-corrected chi connectivity index (χ1v) is 12.7. The van der Waals surface area contributed by atoms with E-state index in [-0.39, 0.29) is 12.8 Å². The van der Waals surface area contributed by atoms with E-state index >= 15 is 0 Å². The number of fused-ring (bicyclic) bond motifs is 1. The van der Waals surface area contributed by atoms with E-state index < -0.39 is 11.9 Å². The van der Waals surface area contributed by atoms with Gasteiger partial charge in [0.05, 0.1) is 28.6 Å². The molecule has 0 unspecified atom stereocenters. The minimum absolute atomic E-state index is 0.296. The molecule has 4 N–H and O–H groups in total. The van der Waals surface area contributed by atoms with Crippen LogP contribution >= 0.6 is 23.2 Å². The first-order chi connectivity index (χ1) is 17.8. The minimum atomic E-state index is -1.08. The summed E-state index contributed by atoms with van der Waals surface area (Å²) in [6.07, 6.45) is 1.41. The van der Waals surface area contributed by atoms with Gasteiger partial charge in [0.2, 0.25) is 0 Å². The van der Waals surface area contributed by atoms with Gasteiger partial charge in [0.25, 0.3) is 0 Å². The molecule has 0 fully saturated rings. The lowest BCUT2D eigenvalue weighted by atomic mass is 10.0. The summed E-state index contributed by atoms with van der Waals surface area (Å²) in [5.41, 5.74) is 5.92. The van der Waals surface area contributed by atoms with Crippen molar-refractivity contribution in [2.45, 2.75) is 38.8 Å². The molecule has 9 heteroatoms. The largest absolute Gasteiger partial charge is 0.487 e. The number of carbonyl (C=O) groups is 2. The van der Waals surface area contributed by atoms with Crippen molar-refractivity contribution in [1.82, 2.24) is 5.32 Å². The van der Waals surface area contributed by atoms with Crippen LogP contribution in [-0.2, 0) is 35.6 Å². The Morgan fingerprint density at radius 2 is 1.57 bits per heavy atom. The number of rotatable bonds is 9. The van der Waals surface area contributed by atoms with Gasteiger partial charge < -0.3 is 25.6 Å². The first kappa shape index (κ1) is 28.3. The van der Waals surface area contributed by atoms with Crippen LogP contribution in [0.2, 0.25) is 10.0 Å². The summed E-state index contributed by atoms with van der Waals surface area (Å²) < 4.78 is 5.87. The molecule has 1 aliphatic heterocycles. The standard InChI is InChI=1S/C24H24Cl2N2O.C4H6O4/c25-21-8-7-19-10-12-27-13-11-20(19)24(21)28-15-18-6-9-23(22(26)14-18)29-16-17-4-2-1-3-5-17;5-3(6)1-2-4(7)8/h1-9,14,27-28H,10-13,15-16H2;1-2H2,(H,5,6)(H,7,8). The Labute approximate surface area is 226 Å². The molecule has 0 aliphatic carbocycles. The van der Waals surface area contributed by atoms with E-state index in [1.54, 1.807) is 0 Å². The monoisotopic (exact) mass is 544 g/mol. The Hall–Kier alpha value is -3.26. The maximum absolute atomic E-state index is 9.64. The van der Waals surface area contributed by atoms with E-state index in [1.165, 1.54) is 11.1 Å². The number of benzene rings is 3. The van der Waals surface area contributed by atoms with Crippen LogP contribution < -0.4 is 15.4 Å². The average Bonchev–Trinajstić information content (AvgIpc) is 3.13. The Morgan fingerprint density at radius 1 is 0.865 bits per heavy atom. The van der Waals surface area contributed by atoms with Gasteiger partial charge in [-0.1, -0.05) is 65.7 Å². The van der Waals surface area contributed by atoms with E-state index in [9.17, 15) is 9.59 Å². The van der Waals surface area contributed by atoms with E-state index in [1.807, 2.05) is 54.6 Å². The normalized spacial score (nSPS) is 12.4. The van der Waals surface area contributed by atoms with Gasteiger partial charge >= 0.3 is 11.9 Å². The number of halogens is 2.